The summed E-state index contributed by atoms with van der Waals surface area (Å²) < 4.78 is 5.28. The zero-order valence-electron chi connectivity index (χ0n) is 15.2. The Hall–Kier alpha value is -1.87. The van der Waals surface area contributed by atoms with Crippen LogP contribution in [0.5, 0.6) is 5.75 Å². The van der Waals surface area contributed by atoms with Gasteiger partial charge in [0.2, 0.25) is 0 Å². The van der Waals surface area contributed by atoms with Crippen molar-refractivity contribution in [3.63, 3.8) is 0 Å². The largest absolute Gasteiger partial charge is 0.497 e. The molecule has 2 aromatic rings. The zero-order chi connectivity index (χ0) is 17.4. The number of likely N-dealkylation sites (tertiary alicyclic amines) is 1. The van der Waals surface area contributed by atoms with Crippen LogP contribution >= 0.6 is 0 Å². The van der Waals surface area contributed by atoms with E-state index in [9.17, 15) is 4.79 Å². The van der Waals surface area contributed by atoms with E-state index in [0.29, 0.717) is 11.7 Å². The average Bonchev–Trinajstić information content (AvgIpc) is 3.43. The number of rotatable bonds is 5. The molecular formula is C22H27NO2. The van der Waals surface area contributed by atoms with Crippen LogP contribution in [0.25, 0.3) is 10.8 Å². The average molecular weight is 337 g/mol. The van der Waals surface area contributed by atoms with Crippen LogP contribution in [0, 0.1) is 17.8 Å². The maximum absolute atomic E-state index is 13.1. The Bertz CT molecular complexity index is 779. The van der Waals surface area contributed by atoms with Crippen molar-refractivity contribution in [3.8, 4) is 5.75 Å². The molecule has 2 atom stereocenters. The SMILES string of the molecule is COc1ccc2cc(C(=O)C3C[C@@H](C)CN(CC4CC4)C3)ccc2c1. The van der Waals surface area contributed by atoms with E-state index in [1.54, 1.807) is 7.11 Å². The summed E-state index contributed by atoms with van der Waals surface area (Å²) in [4.78, 5) is 15.6. The minimum atomic E-state index is 0.137. The smallest absolute Gasteiger partial charge is 0.167 e. The van der Waals surface area contributed by atoms with Crippen LogP contribution in [0.3, 0.4) is 0 Å². The van der Waals surface area contributed by atoms with Crippen LogP contribution in [0.15, 0.2) is 36.4 Å². The summed E-state index contributed by atoms with van der Waals surface area (Å²) in [5.41, 5.74) is 0.850. The molecule has 0 N–H and O–H groups in total. The van der Waals surface area contributed by atoms with Gasteiger partial charge in [-0.1, -0.05) is 25.1 Å². The number of fused-ring (bicyclic) bond motifs is 1. The quantitative estimate of drug-likeness (QED) is 0.758. The van der Waals surface area contributed by atoms with Gasteiger partial charge in [-0.2, -0.15) is 0 Å². The van der Waals surface area contributed by atoms with Crippen molar-refractivity contribution in [2.24, 2.45) is 17.8 Å². The van der Waals surface area contributed by atoms with E-state index in [2.05, 4.69) is 11.8 Å². The molecule has 25 heavy (non-hydrogen) atoms. The Balaban J connectivity index is 1.53. The van der Waals surface area contributed by atoms with Crippen LogP contribution < -0.4 is 4.74 Å². The molecule has 1 unspecified atom stereocenters. The Morgan fingerprint density at radius 3 is 2.64 bits per heavy atom. The molecule has 4 rings (SSSR count). The third-order valence-electron chi connectivity index (χ3n) is 5.65. The number of ketones is 1. The number of ether oxygens (including phenoxy) is 1. The number of hydrogen-bond acceptors (Lipinski definition) is 3. The van der Waals surface area contributed by atoms with Gasteiger partial charge in [-0.15, -0.1) is 0 Å². The molecule has 0 amide bonds. The number of carbonyl (C=O) groups excluding carboxylic acids is 1. The first-order valence-corrected chi connectivity index (χ1v) is 9.47. The van der Waals surface area contributed by atoms with Crippen molar-refractivity contribution in [3.05, 3.63) is 42.0 Å². The summed E-state index contributed by atoms with van der Waals surface area (Å²) >= 11 is 0. The minimum absolute atomic E-state index is 0.137. The lowest BCUT2D eigenvalue weighted by atomic mass is 9.84. The van der Waals surface area contributed by atoms with Crippen molar-refractivity contribution in [2.75, 3.05) is 26.7 Å². The molecule has 0 spiro atoms. The van der Waals surface area contributed by atoms with Gasteiger partial charge in [0, 0.05) is 31.1 Å². The van der Waals surface area contributed by atoms with E-state index < -0.39 is 0 Å². The van der Waals surface area contributed by atoms with Crippen LogP contribution in [0.1, 0.15) is 36.5 Å². The van der Waals surface area contributed by atoms with Crippen LogP contribution in [0.2, 0.25) is 0 Å². The molecule has 1 aliphatic heterocycles. The molecule has 3 nitrogen and oxygen atoms in total. The molecule has 3 heteroatoms. The first kappa shape index (κ1) is 16.6. The Kier molecular flexibility index (Phi) is 4.51. The molecule has 2 aliphatic rings. The summed E-state index contributed by atoms with van der Waals surface area (Å²) in [6.07, 6.45) is 3.76. The lowest BCUT2D eigenvalue weighted by molar-refractivity contribution is 0.0745. The lowest BCUT2D eigenvalue weighted by Gasteiger charge is -2.36. The molecule has 1 aliphatic carbocycles. The number of nitrogens with zero attached hydrogens (tertiary/aromatic N) is 1. The minimum Gasteiger partial charge on any atom is -0.497 e. The van der Waals surface area contributed by atoms with Gasteiger partial charge in [0.1, 0.15) is 5.75 Å². The number of carbonyl (C=O) groups is 1. The molecule has 0 aromatic heterocycles. The number of hydrogen-bond donors (Lipinski definition) is 0. The monoisotopic (exact) mass is 337 g/mol. The molecule has 2 fully saturated rings. The fourth-order valence-electron chi connectivity index (χ4n) is 4.21. The number of piperidine rings is 1. The summed E-state index contributed by atoms with van der Waals surface area (Å²) in [7, 11) is 1.68. The molecule has 2 aromatic carbocycles. The molecule has 1 saturated heterocycles. The number of Topliss-reactive ketones (excluding diaryl/α,β-unsaturated/α-hetero) is 1. The van der Waals surface area contributed by atoms with Crippen molar-refractivity contribution in [1.29, 1.82) is 0 Å². The molecule has 0 radical (unpaired) electrons. The fourth-order valence-corrected chi connectivity index (χ4v) is 4.21. The van der Waals surface area contributed by atoms with E-state index in [0.717, 1.165) is 47.5 Å². The van der Waals surface area contributed by atoms with Gasteiger partial charge < -0.3 is 9.64 Å². The highest BCUT2D eigenvalue weighted by Crippen LogP contribution is 2.33. The predicted octanol–water partition coefficient (Wildman–Crippen LogP) is 4.40. The molecular weight excluding hydrogens is 310 g/mol. The van der Waals surface area contributed by atoms with Crippen LogP contribution in [-0.4, -0.2) is 37.4 Å². The van der Waals surface area contributed by atoms with Crippen molar-refractivity contribution in [2.45, 2.75) is 26.2 Å². The first-order valence-electron chi connectivity index (χ1n) is 9.47. The summed E-state index contributed by atoms with van der Waals surface area (Å²) in [5, 5.41) is 2.22. The van der Waals surface area contributed by atoms with Crippen molar-refractivity contribution >= 4 is 16.6 Å². The van der Waals surface area contributed by atoms with Crippen molar-refractivity contribution in [1.82, 2.24) is 4.90 Å². The summed E-state index contributed by atoms with van der Waals surface area (Å²) in [5.74, 6) is 2.79. The second-order valence-corrected chi connectivity index (χ2v) is 7.99. The number of methoxy groups -OCH3 is 1. The standard InChI is InChI=1S/C22H27NO2/c1-15-9-20(14-23(12-15)13-16-3-4-16)22(24)19-6-5-18-11-21(25-2)8-7-17(18)10-19/h5-8,10-11,15-16,20H,3-4,9,12-14H2,1-2H3/t15-,20?/m1/s1. The lowest BCUT2D eigenvalue weighted by Crippen LogP contribution is -2.43. The van der Waals surface area contributed by atoms with Crippen LogP contribution in [0.4, 0.5) is 0 Å². The molecule has 1 heterocycles. The molecule has 132 valence electrons. The maximum atomic E-state index is 13.1. The van der Waals surface area contributed by atoms with Crippen LogP contribution in [-0.2, 0) is 0 Å². The van der Waals surface area contributed by atoms with E-state index in [4.69, 9.17) is 4.74 Å². The van der Waals surface area contributed by atoms with Crippen molar-refractivity contribution < 1.29 is 9.53 Å². The Morgan fingerprint density at radius 1 is 1.12 bits per heavy atom. The van der Waals surface area contributed by atoms with Gasteiger partial charge in [0.05, 0.1) is 7.11 Å². The summed E-state index contributed by atoms with van der Waals surface area (Å²) in [6.45, 7) is 5.55. The fraction of sp³-hybridized carbons (Fsp3) is 0.500. The van der Waals surface area contributed by atoms with Gasteiger partial charge in [-0.25, -0.2) is 0 Å². The van der Waals surface area contributed by atoms with E-state index >= 15 is 0 Å². The third kappa shape index (κ3) is 3.72. The highest BCUT2D eigenvalue weighted by atomic mass is 16.5. The van der Waals surface area contributed by atoms with Gasteiger partial charge in [-0.05, 0) is 60.1 Å². The Morgan fingerprint density at radius 2 is 1.88 bits per heavy atom. The third-order valence-corrected chi connectivity index (χ3v) is 5.65. The van der Waals surface area contributed by atoms with E-state index in [-0.39, 0.29) is 5.92 Å². The van der Waals surface area contributed by atoms with Gasteiger partial charge in [0.15, 0.2) is 5.78 Å². The topological polar surface area (TPSA) is 29.5 Å². The normalized spacial score (nSPS) is 24.4. The first-order chi connectivity index (χ1) is 12.1. The second-order valence-electron chi connectivity index (χ2n) is 7.99. The predicted molar refractivity (Wildman–Crippen MR) is 101 cm³/mol. The zero-order valence-corrected chi connectivity index (χ0v) is 15.2. The highest BCUT2D eigenvalue weighted by Gasteiger charge is 2.33. The van der Waals surface area contributed by atoms with Gasteiger partial charge >= 0.3 is 0 Å². The van der Waals surface area contributed by atoms with E-state index in [1.807, 2.05) is 36.4 Å². The highest BCUT2D eigenvalue weighted by molar-refractivity contribution is 6.01. The maximum Gasteiger partial charge on any atom is 0.167 e. The summed E-state index contributed by atoms with van der Waals surface area (Å²) in [6, 6.07) is 12.1. The second kappa shape index (κ2) is 6.80. The number of benzene rings is 2. The van der Waals surface area contributed by atoms with Gasteiger partial charge in [-0.3, -0.25) is 4.79 Å². The Labute approximate surface area is 150 Å². The van der Waals surface area contributed by atoms with Gasteiger partial charge in [0.25, 0.3) is 0 Å². The molecule has 1 saturated carbocycles. The van der Waals surface area contributed by atoms with E-state index in [1.165, 1.54) is 19.4 Å². The molecule has 0 bridgehead atoms.